The number of piperidine rings is 1. The second-order valence-electron chi connectivity index (χ2n) is 3.41. The van der Waals surface area contributed by atoms with Crippen molar-refractivity contribution in [2.75, 3.05) is 0 Å². The molecule has 1 unspecified atom stereocenters. The van der Waals surface area contributed by atoms with Crippen LogP contribution >= 0.6 is 12.2 Å². The molecule has 1 atom stereocenters. The molecule has 0 aromatic heterocycles. The molecule has 14 heavy (non-hydrogen) atoms. The van der Waals surface area contributed by atoms with Crippen LogP contribution in [-0.4, -0.2) is 10.9 Å². The number of rotatable bonds is 1. The van der Waals surface area contributed by atoms with Gasteiger partial charge in [-0.05, 0) is 12.0 Å². The van der Waals surface area contributed by atoms with Crippen LogP contribution in [0.25, 0.3) is 0 Å². The number of thiocarbonyl (C=S) groups is 1. The number of benzene rings is 1. The van der Waals surface area contributed by atoms with Crippen molar-refractivity contribution < 1.29 is 4.79 Å². The first-order valence-electron chi connectivity index (χ1n) is 4.66. The molecule has 0 aliphatic carbocycles. The predicted octanol–water partition coefficient (Wildman–Crippen LogP) is 2.01. The number of carbonyl (C=O) groups is 1. The molecule has 0 bridgehead atoms. The van der Waals surface area contributed by atoms with Crippen molar-refractivity contribution >= 4 is 23.1 Å². The highest BCUT2D eigenvalue weighted by Crippen LogP contribution is 2.24. The fraction of sp³-hybridized carbons (Fsp3) is 0.273. The van der Waals surface area contributed by atoms with E-state index in [0.717, 1.165) is 6.42 Å². The average molecular weight is 205 g/mol. The molecular weight excluding hydrogens is 194 g/mol. The fourth-order valence-electron chi connectivity index (χ4n) is 1.70. The number of hydrogen-bond donors (Lipinski definition) is 1. The summed E-state index contributed by atoms with van der Waals surface area (Å²) in [6.07, 6.45) is 1.40. The highest BCUT2D eigenvalue weighted by molar-refractivity contribution is 7.80. The molecule has 3 heteroatoms. The molecular formula is C11H11NOS. The van der Waals surface area contributed by atoms with Crippen LogP contribution in [0.1, 0.15) is 24.3 Å². The smallest absolute Gasteiger partial charge is 0.224 e. The van der Waals surface area contributed by atoms with Crippen LogP contribution in [0.3, 0.4) is 0 Å². The Labute approximate surface area is 88.3 Å². The second-order valence-corrected chi connectivity index (χ2v) is 3.85. The van der Waals surface area contributed by atoms with Gasteiger partial charge in [-0.1, -0.05) is 42.5 Å². The van der Waals surface area contributed by atoms with Gasteiger partial charge in [-0.15, -0.1) is 0 Å². The van der Waals surface area contributed by atoms with E-state index in [1.54, 1.807) is 0 Å². The van der Waals surface area contributed by atoms with E-state index in [4.69, 9.17) is 12.2 Å². The van der Waals surface area contributed by atoms with Gasteiger partial charge in [-0.25, -0.2) is 0 Å². The fourth-order valence-corrected chi connectivity index (χ4v) is 2.06. The van der Waals surface area contributed by atoms with Crippen LogP contribution < -0.4 is 5.32 Å². The zero-order valence-electron chi connectivity index (χ0n) is 7.69. The summed E-state index contributed by atoms with van der Waals surface area (Å²) in [6.45, 7) is 0. The van der Waals surface area contributed by atoms with Crippen molar-refractivity contribution in [1.29, 1.82) is 0 Å². The normalized spacial score (nSPS) is 21.9. The summed E-state index contributed by atoms with van der Waals surface area (Å²) in [5.41, 5.74) is 1.19. The van der Waals surface area contributed by atoms with E-state index in [0.29, 0.717) is 11.4 Å². The maximum Gasteiger partial charge on any atom is 0.224 e. The van der Waals surface area contributed by atoms with Gasteiger partial charge in [0.15, 0.2) is 0 Å². The van der Waals surface area contributed by atoms with E-state index in [-0.39, 0.29) is 11.8 Å². The Morgan fingerprint density at radius 2 is 2.00 bits per heavy atom. The molecule has 0 saturated carbocycles. The van der Waals surface area contributed by atoms with Crippen LogP contribution in [0.4, 0.5) is 0 Å². The van der Waals surface area contributed by atoms with Crippen molar-refractivity contribution in [2.45, 2.75) is 18.8 Å². The van der Waals surface area contributed by atoms with Crippen LogP contribution in [0, 0.1) is 0 Å². The molecule has 1 fully saturated rings. The number of carbonyl (C=O) groups excluding carboxylic acids is 1. The molecule has 0 spiro atoms. The summed E-state index contributed by atoms with van der Waals surface area (Å²) in [7, 11) is 0. The Bertz CT molecular complexity index is 361. The Morgan fingerprint density at radius 3 is 2.64 bits per heavy atom. The van der Waals surface area contributed by atoms with Crippen LogP contribution in [0.15, 0.2) is 30.3 Å². The summed E-state index contributed by atoms with van der Waals surface area (Å²) in [5.74, 6) is 0.256. The highest BCUT2D eigenvalue weighted by Gasteiger charge is 2.24. The Hall–Kier alpha value is -1.22. The minimum Gasteiger partial charge on any atom is -0.320 e. The van der Waals surface area contributed by atoms with Crippen LogP contribution in [0.5, 0.6) is 0 Å². The van der Waals surface area contributed by atoms with Crippen molar-refractivity contribution in [3.8, 4) is 0 Å². The Balaban J connectivity index is 2.20. The van der Waals surface area contributed by atoms with Gasteiger partial charge in [0.05, 0.1) is 4.99 Å². The van der Waals surface area contributed by atoms with Crippen molar-refractivity contribution in [2.24, 2.45) is 0 Å². The first-order valence-corrected chi connectivity index (χ1v) is 5.07. The molecule has 1 aliphatic rings. The van der Waals surface area contributed by atoms with Crippen molar-refractivity contribution in [3.63, 3.8) is 0 Å². The second kappa shape index (κ2) is 3.88. The SMILES string of the molecule is O=C1CCC(c2ccccc2)C(=S)N1. The molecule has 1 aromatic rings. The summed E-state index contributed by atoms with van der Waals surface area (Å²) < 4.78 is 0. The maximum atomic E-state index is 11.1. The summed E-state index contributed by atoms with van der Waals surface area (Å²) in [4.78, 5) is 11.7. The molecule has 0 radical (unpaired) electrons. The quantitative estimate of drug-likeness (QED) is 0.710. The van der Waals surface area contributed by atoms with Gasteiger partial charge in [0.25, 0.3) is 0 Å². The van der Waals surface area contributed by atoms with E-state index < -0.39 is 0 Å². The predicted molar refractivity (Wildman–Crippen MR) is 59.2 cm³/mol. The molecule has 72 valence electrons. The molecule has 1 heterocycles. The van der Waals surface area contributed by atoms with E-state index in [9.17, 15) is 4.79 Å². The third-order valence-electron chi connectivity index (χ3n) is 2.44. The molecule has 1 amide bonds. The summed E-state index contributed by atoms with van der Waals surface area (Å²) in [5, 5.41) is 2.72. The van der Waals surface area contributed by atoms with Gasteiger partial charge in [-0.2, -0.15) is 0 Å². The van der Waals surface area contributed by atoms with Gasteiger partial charge >= 0.3 is 0 Å². The topological polar surface area (TPSA) is 29.1 Å². The number of hydrogen-bond acceptors (Lipinski definition) is 2. The van der Waals surface area contributed by atoms with Crippen LogP contribution in [0.2, 0.25) is 0 Å². The first kappa shape index (κ1) is 9.34. The monoisotopic (exact) mass is 205 g/mol. The van der Waals surface area contributed by atoms with Gasteiger partial charge in [0, 0.05) is 12.3 Å². The van der Waals surface area contributed by atoms with E-state index >= 15 is 0 Å². The third kappa shape index (κ3) is 1.82. The largest absolute Gasteiger partial charge is 0.320 e. The van der Waals surface area contributed by atoms with Gasteiger partial charge in [0.2, 0.25) is 5.91 Å². The van der Waals surface area contributed by atoms with Gasteiger partial charge in [-0.3, -0.25) is 4.79 Å². The Morgan fingerprint density at radius 1 is 1.29 bits per heavy atom. The molecule has 2 nitrogen and oxygen atoms in total. The highest BCUT2D eigenvalue weighted by atomic mass is 32.1. The number of amides is 1. The lowest BCUT2D eigenvalue weighted by Crippen LogP contribution is -2.38. The Kier molecular flexibility index (Phi) is 2.59. The minimum atomic E-state index is 0.0437. The molecule has 1 aliphatic heterocycles. The van der Waals surface area contributed by atoms with Gasteiger partial charge in [0.1, 0.15) is 0 Å². The zero-order chi connectivity index (χ0) is 9.97. The minimum absolute atomic E-state index is 0.0437. The van der Waals surface area contributed by atoms with E-state index in [1.807, 2.05) is 18.2 Å². The molecule has 2 rings (SSSR count). The van der Waals surface area contributed by atoms with Crippen molar-refractivity contribution in [3.05, 3.63) is 35.9 Å². The maximum absolute atomic E-state index is 11.1. The molecule has 1 aromatic carbocycles. The average Bonchev–Trinajstić information content (AvgIpc) is 2.19. The lowest BCUT2D eigenvalue weighted by atomic mass is 9.91. The van der Waals surface area contributed by atoms with Gasteiger partial charge < -0.3 is 5.32 Å². The molecule has 1 N–H and O–H groups in total. The van der Waals surface area contributed by atoms with Crippen molar-refractivity contribution in [1.82, 2.24) is 5.32 Å². The first-order chi connectivity index (χ1) is 6.77. The lowest BCUT2D eigenvalue weighted by molar-refractivity contribution is -0.120. The van der Waals surface area contributed by atoms with Crippen LogP contribution in [-0.2, 0) is 4.79 Å². The zero-order valence-corrected chi connectivity index (χ0v) is 8.51. The van der Waals surface area contributed by atoms with E-state index in [2.05, 4.69) is 17.4 Å². The summed E-state index contributed by atoms with van der Waals surface area (Å²) in [6, 6.07) is 10.1. The lowest BCUT2D eigenvalue weighted by Gasteiger charge is -2.23. The standard InChI is InChI=1S/C11H11NOS/c13-10-7-6-9(11(14)12-10)8-4-2-1-3-5-8/h1-5,9H,6-7H2,(H,12,13,14). The van der Waals surface area contributed by atoms with E-state index in [1.165, 1.54) is 5.56 Å². The summed E-state index contributed by atoms with van der Waals surface area (Å²) >= 11 is 5.15. The third-order valence-corrected chi connectivity index (χ3v) is 2.83. The number of nitrogens with one attached hydrogen (secondary N) is 1. The molecule has 1 saturated heterocycles.